The Morgan fingerprint density at radius 3 is 2.41 bits per heavy atom. The van der Waals surface area contributed by atoms with Crippen molar-refractivity contribution in [3.8, 4) is 11.5 Å². The highest BCUT2D eigenvalue weighted by Gasteiger charge is 2.22. The van der Waals surface area contributed by atoms with Crippen molar-refractivity contribution >= 4 is 11.8 Å². The van der Waals surface area contributed by atoms with Gasteiger partial charge in [0, 0.05) is 11.6 Å². The van der Waals surface area contributed by atoms with Gasteiger partial charge in [-0.2, -0.15) is 0 Å². The topological polar surface area (TPSA) is 52.6 Å². The zero-order chi connectivity index (χ0) is 19.6. The van der Waals surface area contributed by atoms with Gasteiger partial charge in [-0.15, -0.1) is 0 Å². The Morgan fingerprint density at radius 1 is 1.00 bits per heavy atom. The zero-order valence-corrected chi connectivity index (χ0v) is 16.0. The van der Waals surface area contributed by atoms with Crippen LogP contribution >= 0.6 is 0 Å². The molecule has 0 aliphatic heterocycles. The molecule has 0 unspecified atom stereocenters. The quantitative estimate of drug-likeness (QED) is 0.189. The lowest BCUT2D eigenvalue weighted by Gasteiger charge is -2.17. The van der Waals surface area contributed by atoms with Crippen molar-refractivity contribution in [1.82, 2.24) is 0 Å². The normalized spacial score (nSPS) is 10.3. The van der Waals surface area contributed by atoms with Gasteiger partial charge in [0.05, 0.1) is 12.2 Å². The molecule has 0 saturated heterocycles. The number of carbonyl (C=O) groups is 2. The Hall–Kier alpha value is -2.88. The van der Waals surface area contributed by atoms with E-state index in [0.717, 1.165) is 37.3 Å². The number of aryl methyl sites for hydroxylation is 1. The smallest absolute Gasteiger partial charge is 0.335 e. The van der Waals surface area contributed by atoms with E-state index in [4.69, 9.17) is 9.47 Å². The predicted octanol–water partition coefficient (Wildman–Crippen LogP) is 5.28. The van der Waals surface area contributed by atoms with E-state index in [0.29, 0.717) is 23.5 Å². The second-order valence-electron chi connectivity index (χ2n) is 6.32. The SMILES string of the molecule is C=CC(=O)Oc1c(C)ccc(C(=O)c2ccccc2)c1OCCCCCC. The van der Waals surface area contributed by atoms with Crippen LogP contribution < -0.4 is 9.47 Å². The second-order valence-corrected chi connectivity index (χ2v) is 6.32. The second kappa shape index (κ2) is 10.3. The average molecular weight is 366 g/mol. The summed E-state index contributed by atoms with van der Waals surface area (Å²) in [6.07, 6.45) is 5.27. The molecule has 2 aromatic rings. The molecule has 0 aromatic heterocycles. The fraction of sp³-hybridized carbons (Fsp3) is 0.304. The van der Waals surface area contributed by atoms with Gasteiger partial charge in [-0.3, -0.25) is 4.79 Å². The molecule has 4 nitrogen and oxygen atoms in total. The van der Waals surface area contributed by atoms with Gasteiger partial charge < -0.3 is 9.47 Å². The molecule has 142 valence electrons. The third-order valence-electron chi connectivity index (χ3n) is 4.20. The van der Waals surface area contributed by atoms with E-state index >= 15 is 0 Å². The molecule has 0 saturated carbocycles. The molecule has 4 heteroatoms. The molecule has 0 N–H and O–H groups in total. The van der Waals surface area contributed by atoms with Crippen LogP contribution in [0.2, 0.25) is 0 Å². The summed E-state index contributed by atoms with van der Waals surface area (Å²) in [5, 5.41) is 0. The summed E-state index contributed by atoms with van der Waals surface area (Å²) < 4.78 is 11.3. The maximum Gasteiger partial charge on any atom is 0.335 e. The molecular weight excluding hydrogens is 340 g/mol. The number of hydrogen-bond donors (Lipinski definition) is 0. The molecule has 0 bridgehead atoms. The maximum absolute atomic E-state index is 13.0. The van der Waals surface area contributed by atoms with Gasteiger partial charge in [0.15, 0.2) is 17.3 Å². The summed E-state index contributed by atoms with van der Waals surface area (Å²) in [7, 11) is 0. The number of ether oxygens (including phenoxy) is 2. The van der Waals surface area contributed by atoms with Crippen molar-refractivity contribution in [2.24, 2.45) is 0 Å². The Balaban J connectivity index is 2.38. The van der Waals surface area contributed by atoms with Crippen molar-refractivity contribution in [3.05, 3.63) is 71.8 Å². The Labute approximate surface area is 160 Å². The van der Waals surface area contributed by atoms with E-state index in [1.54, 1.807) is 24.3 Å². The minimum atomic E-state index is -0.585. The van der Waals surface area contributed by atoms with Crippen LogP contribution in [0, 0.1) is 6.92 Å². The summed E-state index contributed by atoms with van der Waals surface area (Å²) in [4.78, 5) is 24.8. The number of carbonyl (C=O) groups excluding carboxylic acids is 2. The maximum atomic E-state index is 13.0. The van der Waals surface area contributed by atoms with Crippen molar-refractivity contribution in [3.63, 3.8) is 0 Å². The average Bonchev–Trinajstić information content (AvgIpc) is 2.70. The molecule has 0 aliphatic carbocycles. The summed E-state index contributed by atoms with van der Waals surface area (Å²) >= 11 is 0. The Morgan fingerprint density at radius 2 is 1.74 bits per heavy atom. The Bertz CT molecular complexity index is 794. The van der Waals surface area contributed by atoms with Gasteiger partial charge in [0.2, 0.25) is 0 Å². The number of unbranched alkanes of at least 4 members (excludes halogenated alkanes) is 3. The van der Waals surface area contributed by atoms with Gasteiger partial charge in [0.1, 0.15) is 0 Å². The van der Waals surface area contributed by atoms with Gasteiger partial charge in [0.25, 0.3) is 0 Å². The molecule has 0 radical (unpaired) electrons. The lowest BCUT2D eigenvalue weighted by Crippen LogP contribution is -2.12. The molecule has 0 aliphatic rings. The highest BCUT2D eigenvalue weighted by Crippen LogP contribution is 2.36. The highest BCUT2D eigenvalue weighted by molar-refractivity contribution is 6.11. The van der Waals surface area contributed by atoms with Crippen LogP contribution in [0.5, 0.6) is 11.5 Å². The standard InChI is InChI=1S/C23H26O4/c1-4-6-7-11-16-26-23-19(21(25)18-12-9-8-10-13-18)15-14-17(3)22(23)27-20(24)5-2/h5,8-10,12-15H,2,4,6-7,11,16H2,1,3H3. The molecular formula is C23H26O4. The predicted molar refractivity (Wildman–Crippen MR) is 107 cm³/mol. The lowest BCUT2D eigenvalue weighted by atomic mass is 10.00. The lowest BCUT2D eigenvalue weighted by molar-refractivity contribution is -0.129. The molecule has 0 atom stereocenters. The van der Waals surface area contributed by atoms with E-state index in [-0.39, 0.29) is 11.5 Å². The molecule has 0 heterocycles. The minimum absolute atomic E-state index is 0.171. The number of ketones is 1. The van der Waals surface area contributed by atoms with Gasteiger partial charge in [-0.1, -0.05) is 69.2 Å². The first kappa shape index (κ1) is 20.4. The largest absolute Gasteiger partial charge is 0.489 e. The van der Waals surface area contributed by atoms with E-state index in [9.17, 15) is 9.59 Å². The van der Waals surface area contributed by atoms with Crippen LogP contribution in [0.15, 0.2) is 55.1 Å². The fourth-order valence-electron chi connectivity index (χ4n) is 2.70. The van der Waals surface area contributed by atoms with E-state index in [2.05, 4.69) is 13.5 Å². The number of rotatable bonds is 10. The first-order chi connectivity index (χ1) is 13.1. The number of benzene rings is 2. The Kier molecular flexibility index (Phi) is 7.80. The van der Waals surface area contributed by atoms with Crippen molar-refractivity contribution in [2.45, 2.75) is 39.5 Å². The zero-order valence-electron chi connectivity index (χ0n) is 16.0. The molecule has 0 amide bonds. The molecule has 27 heavy (non-hydrogen) atoms. The van der Waals surface area contributed by atoms with E-state index in [1.807, 2.05) is 25.1 Å². The summed E-state index contributed by atoms with van der Waals surface area (Å²) in [6.45, 7) is 7.85. The molecule has 0 fully saturated rings. The van der Waals surface area contributed by atoms with E-state index in [1.165, 1.54) is 0 Å². The van der Waals surface area contributed by atoms with Crippen LogP contribution in [-0.2, 0) is 4.79 Å². The minimum Gasteiger partial charge on any atom is -0.489 e. The van der Waals surface area contributed by atoms with Crippen LogP contribution in [0.3, 0.4) is 0 Å². The van der Waals surface area contributed by atoms with Crippen molar-refractivity contribution < 1.29 is 19.1 Å². The van der Waals surface area contributed by atoms with Crippen LogP contribution in [0.25, 0.3) is 0 Å². The fourth-order valence-corrected chi connectivity index (χ4v) is 2.70. The van der Waals surface area contributed by atoms with Gasteiger partial charge in [-0.05, 0) is 25.0 Å². The molecule has 2 aromatic carbocycles. The van der Waals surface area contributed by atoms with Crippen molar-refractivity contribution in [2.75, 3.05) is 6.61 Å². The monoisotopic (exact) mass is 366 g/mol. The molecule has 2 rings (SSSR count). The molecule has 0 spiro atoms. The number of esters is 1. The number of hydrogen-bond acceptors (Lipinski definition) is 4. The van der Waals surface area contributed by atoms with E-state index < -0.39 is 5.97 Å². The van der Waals surface area contributed by atoms with Crippen molar-refractivity contribution in [1.29, 1.82) is 0 Å². The van der Waals surface area contributed by atoms with Gasteiger partial charge in [-0.25, -0.2) is 4.79 Å². The van der Waals surface area contributed by atoms with Crippen LogP contribution in [-0.4, -0.2) is 18.4 Å². The van der Waals surface area contributed by atoms with Crippen LogP contribution in [0.4, 0.5) is 0 Å². The third-order valence-corrected chi connectivity index (χ3v) is 4.20. The first-order valence-electron chi connectivity index (χ1n) is 9.28. The first-order valence-corrected chi connectivity index (χ1v) is 9.28. The third kappa shape index (κ3) is 5.55. The van der Waals surface area contributed by atoms with Gasteiger partial charge >= 0.3 is 5.97 Å². The van der Waals surface area contributed by atoms with Crippen LogP contribution in [0.1, 0.15) is 54.1 Å². The highest BCUT2D eigenvalue weighted by atomic mass is 16.6. The summed E-state index contributed by atoms with van der Waals surface area (Å²) in [5.41, 5.74) is 1.66. The summed E-state index contributed by atoms with van der Waals surface area (Å²) in [6, 6.07) is 12.5. The summed E-state index contributed by atoms with van der Waals surface area (Å²) in [5.74, 6) is -0.166.